The number of hydrogen-bond acceptors (Lipinski definition) is 4. The second-order valence-electron chi connectivity index (χ2n) is 7.77. The molecule has 0 amide bonds. The topological polar surface area (TPSA) is 52.1 Å². The van der Waals surface area contributed by atoms with Crippen LogP contribution in [0.15, 0.2) is 66.6 Å². The molecule has 0 saturated heterocycles. The fourth-order valence-corrected chi connectivity index (χ4v) is 4.06. The Morgan fingerprint density at radius 1 is 0.970 bits per heavy atom. The SMILES string of the molecule is CC(=O)Oc1cccnc1.CCCC(CCC)=C1c2ccc(Cl)cc2C=Cc2cccnc21. The lowest BCUT2D eigenvalue weighted by molar-refractivity contribution is -0.131. The van der Waals surface area contributed by atoms with Crippen molar-refractivity contribution in [2.24, 2.45) is 0 Å². The number of fused-ring (bicyclic) bond motifs is 2. The van der Waals surface area contributed by atoms with Crippen molar-refractivity contribution in [3.63, 3.8) is 0 Å². The summed E-state index contributed by atoms with van der Waals surface area (Å²) in [4.78, 5) is 18.8. The first-order valence-corrected chi connectivity index (χ1v) is 11.6. The fourth-order valence-electron chi connectivity index (χ4n) is 3.88. The molecule has 33 heavy (non-hydrogen) atoms. The van der Waals surface area contributed by atoms with Crippen LogP contribution >= 0.6 is 11.6 Å². The summed E-state index contributed by atoms with van der Waals surface area (Å²) in [6.07, 6.45) is 13.8. The molecule has 170 valence electrons. The Balaban J connectivity index is 0.000000257. The summed E-state index contributed by atoms with van der Waals surface area (Å²) in [6, 6.07) is 13.7. The number of benzene rings is 1. The van der Waals surface area contributed by atoms with Gasteiger partial charge >= 0.3 is 5.97 Å². The van der Waals surface area contributed by atoms with E-state index in [-0.39, 0.29) is 5.97 Å². The highest BCUT2D eigenvalue weighted by molar-refractivity contribution is 6.30. The van der Waals surface area contributed by atoms with Crippen LogP contribution in [0.2, 0.25) is 5.02 Å². The van der Waals surface area contributed by atoms with Gasteiger partial charge in [0, 0.05) is 35.5 Å². The molecule has 0 saturated carbocycles. The normalized spacial score (nSPS) is 11.5. The first-order chi connectivity index (χ1) is 16.0. The standard InChI is InChI=1S/C21H22ClN.C7H7NO2/c1-3-6-15(7-4-2)20-19-12-11-18(22)14-17(19)10-9-16-8-5-13-23-21(16)20;1-6(9)10-7-3-2-4-8-5-7/h5,8-14H,3-4,6-7H2,1-2H3;2-5H,1H3. The molecule has 0 spiro atoms. The lowest BCUT2D eigenvalue weighted by Crippen LogP contribution is -2.00. The van der Waals surface area contributed by atoms with Gasteiger partial charge in [0.05, 0.1) is 11.9 Å². The first kappa shape index (κ1) is 24.4. The number of nitrogens with zero attached hydrogens (tertiary/aromatic N) is 2. The molecule has 0 radical (unpaired) electrons. The zero-order valence-electron chi connectivity index (χ0n) is 19.3. The van der Waals surface area contributed by atoms with Crippen LogP contribution in [-0.2, 0) is 4.79 Å². The van der Waals surface area contributed by atoms with Gasteiger partial charge in [-0.15, -0.1) is 0 Å². The zero-order valence-corrected chi connectivity index (χ0v) is 20.1. The van der Waals surface area contributed by atoms with E-state index in [9.17, 15) is 4.79 Å². The Bertz CT molecular complexity index is 1150. The van der Waals surface area contributed by atoms with Gasteiger partial charge in [-0.25, -0.2) is 0 Å². The molecule has 4 rings (SSSR count). The molecule has 1 aromatic carbocycles. The van der Waals surface area contributed by atoms with Gasteiger partial charge in [0.25, 0.3) is 0 Å². The smallest absolute Gasteiger partial charge is 0.308 e. The summed E-state index contributed by atoms with van der Waals surface area (Å²) < 4.78 is 4.71. The molecule has 0 fully saturated rings. The highest BCUT2D eigenvalue weighted by atomic mass is 35.5. The summed E-state index contributed by atoms with van der Waals surface area (Å²) in [7, 11) is 0. The van der Waals surface area contributed by atoms with Gasteiger partial charge in [0.15, 0.2) is 0 Å². The second kappa shape index (κ2) is 12.1. The van der Waals surface area contributed by atoms with Crippen LogP contribution in [0.3, 0.4) is 0 Å². The van der Waals surface area contributed by atoms with E-state index in [2.05, 4.69) is 49.2 Å². The lowest BCUT2D eigenvalue weighted by atomic mass is 9.89. The van der Waals surface area contributed by atoms with Gasteiger partial charge in [-0.1, -0.05) is 68.1 Å². The Kier molecular flexibility index (Phi) is 8.96. The predicted octanol–water partition coefficient (Wildman–Crippen LogP) is 7.63. The third kappa shape index (κ3) is 6.62. The van der Waals surface area contributed by atoms with E-state index in [1.54, 1.807) is 18.3 Å². The van der Waals surface area contributed by atoms with Crippen LogP contribution in [0.5, 0.6) is 5.75 Å². The van der Waals surface area contributed by atoms with E-state index in [1.165, 1.54) is 41.0 Å². The Morgan fingerprint density at radius 3 is 2.36 bits per heavy atom. The van der Waals surface area contributed by atoms with Crippen molar-refractivity contribution in [2.45, 2.75) is 46.5 Å². The van der Waals surface area contributed by atoms with Crippen molar-refractivity contribution in [1.82, 2.24) is 9.97 Å². The summed E-state index contributed by atoms with van der Waals surface area (Å²) in [5.41, 5.74) is 7.51. The van der Waals surface area contributed by atoms with Gasteiger partial charge in [-0.3, -0.25) is 14.8 Å². The maximum absolute atomic E-state index is 10.4. The predicted molar refractivity (Wildman–Crippen MR) is 136 cm³/mol. The molecule has 0 N–H and O–H groups in total. The number of rotatable bonds is 5. The minimum Gasteiger partial charge on any atom is -0.425 e. The molecule has 3 aromatic rings. The van der Waals surface area contributed by atoms with Gasteiger partial charge in [-0.2, -0.15) is 0 Å². The van der Waals surface area contributed by atoms with E-state index in [4.69, 9.17) is 21.3 Å². The first-order valence-electron chi connectivity index (χ1n) is 11.3. The maximum atomic E-state index is 10.4. The number of allylic oxidation sites excluding steroid dienone is 1. The molecular weight excluding hydrogens is 432 g/mol. The summed E-state index contributed by atoms with van der Waals surface area (Å²) in [6.45, 7) is 5.84. The van der Waals surface area contributed by atoms with Gasteiger partial charge in [-0.05, 0) is 54.3 Å². The average Bonchev–Trinajstić information content (AvgIpc) is 2.96. The van der Waals surface area contributed by atoms with Crippen molar-refractivity contribution < 1.29 is 9.53 Å². The third-order valence-electron chi connectivity index (χ3n) is 5.15. The number of halogens is 1. The lowest BCUT2D eigenvalue weighted by Gasteiger charge is -2.17. The molecule has 1 aliphatic carbocycles. The van der Waals surface area contributed by atoms with Crippen LogP contribution in [0.1, 0.15) is 68.8 Å². The average molecular weight is 461 g/mol. The molecule has 2 heterocycles. The van der Waals surface area contributed by atoms with Gasteiger partial charge in [0.2, 0.25) is 0 Å². The quantitative estimate of drug-likeness (QED) is 0.287. The molecular formula is C28H29ClN2O2. The number of ether oxygens (including phenoxy) is 1. The number of pyridine rings is 2. The highest BCUT2D eigenvalue weighted by Gasteiger charge is 2.19. The number of esters is 1. The van der Waals surface area contributed by atoms with Crippen molar-refractivity contribution >= 4 is 35.3 Å². The summed E-state index contributed by atoms with van der Waals surface area (Å²) in [5, 5.41) is 0.777. The third-order valence-corrected chi connectivity index (χ3v) is 5.39. The van der Waals surface area contributed by atoms with E-state index >= 15 is 0 Å². The van der Waals surface area contributed by atoms with E-state index < -0.39 is 0 Å². The molecule has 0 bridgehead atoms. The van der Waals surface area contributed by atoms with Crippen molar-refractivity contribution in [2.75, 3.05) is 0 Å². The molecule has 0 aliphatic heterocycles. The molecule has 0 unspecified atom stereocenters. The van der Waals surface area contributed by atoms with Crippen molar-refractivity contribution in [1.29, 1.82) is 0 Å². The molecule has 2 aromatic heterocycles. The Labute approximate surface area is 201 Å². The number of aromatic nitrogens is 2. The molecule has 1 aliphatic rings. The van der Waals surface area contributed by atoms with Gasteiger partial charge in [0.1, 0.15) is 5.75 Å². The number of carbonyl (C=O) groups excluding carboxylic acids is 1. The van der Waals surface area contributed by atoms with E-state index in [1.807, 2.05) is 18.3 Å². The Morgan fingerprint density at radius 2 is 1.70 bits per heavy atom. The van der Waals surface area contributed by atoms with Crippen molar-refractivity contribution in [3.8, 4) is 5.75 Å². The molecule has 0 atom stereocenters. The largest absolute Gasteiger partial charge is 0.425 e. The van der Waals surface area contributed by atoms with Crippen LogP contribution in [0.4, 0.5) is 0 Å². The monoisotopic (exact) mass is 460 g/mol. The minimum atomic E-state index is -0.326. The van der Waals surface area contributed by atoms with Gasteiger partial charge < -0.3 is 4.74 Å². The van der Waals surface area contributed by atoms with Crippen molar-refractivity contribution in [3.05, 3.63) is 94.0 Å². The minimum absolute atomic E-state index is 0.326. The molecule has 4 nitrogen and oxygen atoms in total. The second-order valence-corrected chi connectivity index (χ2v) is 8.20. The zero-order chi connectivity index (χ0) is 23.6. The summed E-state index contributed by atoms with van der Waals surface area (Å²) in [5.74, 6) is 0.156. The fraction of sp³-hybridized carbons (Fsp3) is 0.250. The summed E-state index contributed by atoms with van der Waals surface area (Å²) >= 11 is 6.23. The van der Waals surface area contributed by atoms with E-state index in [0.29, 0.717) is 5.75 Å². The van der Waals surface area contributed by atoms with E-state index in [0.717, 1.165) is 36.4 Å². The maximum Gasteiger partial charge on any atom is 0.308 e. The van der Waals surface area contributed by atoms with Crippen LogP contribution in [0.25, 0.3) is 17.7 Å². The van der Waals surface area contributed by atoms with Crippen LogP contribution in [0, 0.1) is 0 Å². The van der Waals surface area contributed by atoms with Crippen LogP contribution in [-0.4, -0.2) is 15.9 Å². The molecule has 5 heteroatoms. The van der Waals surface area contributed by atoms with Crippen LogP contribution < -0.4 is 4.74 Å². The number of carbonyl (C=O) groups is 1. The number of hydrogen-bond donors (Lipinski definition) is 0. The highest BCUT2D eigenvalue weighted by Crippen LogP contribution is 2.38. The Hall–Kier alpha value is -3.24.